The molecule has 2 heterocycles. The molecule has 0 aliphatic rings. The van der Waals surface area contributed by atoms with Crippen molar-refractivity contribution in [2.45, 2.75) is 17.8 Å². The van der Waals surface area contributed by atoms with E-state index in [9.17, 15) is 0 Å². The Kier molecular flexibility index (Phi) is 3.96. The van der Waals surface area contributed by atoms with Gasteiger partial charge in [-0.25, -0.2) is 0 Å². The summed E-state index contributed by atoms with van der Waals surface area (Å²) in [7, 11) is 0. The van der Waals surface area contributed by atoms with E-state index >= 15 is 0 Å². The molecule has 0 radical (unpaired) electrons. The molecule has 2 aromatic heterocycles. The van der Waals surface area contributed by atoms with Crippen LogP contribution in [0.15, 0.2) is 47.8 Å². The van der Waals surface area contributed by atoms with Crippen LogP contribution >= 0.6 is 11.8 Å². The van der Waals surface area contributed by atoms with E-state index < -0.39 is 0 Å². The third-order valence-corrected chi connectivity index (χ3v) is 4.02. The van der Waals surface area contributed by atoms with Crippen LogP contribution in [0.25, 0.3) is 5.65 Å². The summed E-state index contributed by atoms with van der Waals surface area (Å²) in [4.78, 5) is 0. The molecule has 1 aromatic carbocycles. The van der Waals surface area contributed by atoms with E-state index in [1.54, 1.807) is 11.8 Å². The third kappa shape index (κ3) is 2.95. The Morgan fingerprint density at radius 2 is 2.14 bits per heavy atom. The van der Waals surface area contributed by atoms with E-state index in [0.717, 1.165) is 33.6 Å². The summed E-state index contributed by atoms with van der Waals surface area (Å²) in [5.74, 6) is 1.60. The zero-order chi connectivity index (χ0) is 14.7. The molecule has 0 spiro atoms. The van der Waals surface area contributed by atoms with Gasteiger partial charge in [0.2, 0.25) is 0 Å². The highest BCUT2D eigenvalue weighted by Gasteiger charge is 2.09. The van der Waals surface area contributed by atoms with Crippen molar-refractivity contribution in [3.8, 4) is 5.75 Å². The molecular weight excluding hydrogens is 284 g/mol. The Morgan fingerprint density at radius 1 is 1.24 bits per heavy atom. The molecule has 0 saturated carbocycles. The highest BCUT2D eigenvalue weighted by atomic mass is 32.2. The summed E-state index contributed by atoms with van der Waals surface area (Å²) in [6.45, 7) is 2.61. The van der Waals surface area contributed by atoms with Crippen LogP contribution in [0, 0.1) is 0 Å². The second-order valence-electron chi connectivity index (χ2n) is 4.50. The fraction of sp³-hybridized carbons (Fsp3) is 0.200. The van der Waals surface area contributed by atoms with Crippen LogP contribution in [-0.2, 0) is 5.75 Å². The van der Waals surface area contributed by atoms with Gasteiger partial charge in [0.15, 0.2) is 10.8 Å². The number of anilines is 1. The lowest BCUT2D eigenvalue weighted by atomic mass is 10.2. The standard InChI is InChI=1S/C15H16N4OS/c1-2-20-13-7-6-12(16)9-11(13)10-21-15-18-17-14-5-3-4-8-19(14)15/h3-9H,2,10,16H2,1H3. The van der Waals surface area contributed by atoms with Crippen molar-refractivity contribution >= 4 is 23.1 Å². The van der Waals surface area contributed by atoms with E-state index in [0.29, 0.717) is 6.61 Å². The number of nitrogens with two attached hydrogens (primary N) is 1. The average Bonchev–Trinajstić information content (AvgIpc) is 2.91. The van der Waals surface area contributed by atoms with Crippen LogP contribution in [0.4, 0.5) is 5.69 Å². The first-order chi connectivity index (χ1) is 10.3. The SMILES string of the molecule is CCOc1ccc(N)cc1CSc1nnc2ccccn12. The van der Waals surface area contributed by atoms with Crippen molar-refractivity contribution in [2.24, 2.45) is 0 Å². The molecule has 108 valence electrons. The van der Waals surface area contributed by atoms with Gasteiger partial charge in [0.1, 0.15) is 5.75 Å². The summed E-state index contributed by atoms with van der Waals surface area (Å²) < 4.78 is 7.61. The maximum absolute atomic E-state index is 5.87. The van der Waals surface area contributed by atoms with Crippen molar-refractivity contribution in [2.75, 3.05) is 12.3 Å². The van der Waals surface area contributed by atoms with E-state index in [-0.39, 0.29) is 0 Å². The molecule has 0 fully saturated rings. The van der Waals surface area contributed by atoms with E-state index in [2.05, 4.69) is 10.2 Å². The number of fused-ring (bicyclic) bond motifs is 1. The zero-order valence-electron chi connectivity index (χ0n) is 11.7. The molecule has 6 heteroatoms. The summed E-state index contributed by atoms with van der Waals surface area (Å²) in [5, 5.41) is 9.21. The fourth-order valence-corrected chi connectivity index (χ4v) is 2.97. The average molecular weight is 300 g/mol. The Balaban J connectivity index is 1.83. The Hall–Kier alpha value is -2.21. The van der Waals surface area contributed by atoms with Crippen molar-refractivity contribution in [3.63, 3.8) is 0 Å². The lowest BCUT2D eigenvalue weighted by Crippen LogP contribution is -1.98. The molecule has 5 nitrogen and oxygen atoms in total. The number of nitrogens with zero attached hydrogens (tertiary/aromatic N) is 3. The van der Waals surface area contributed by atoms with Crippen LogP contribution in [0.2, 0.25) is 0 Å². The number of hydrogen-bond donors (Lipinski definition) is 1. The lowest BCUT2D eigenvalue weighted by molar-refractivity contribution is 0.337. The normalized spacial score (nSPS) is 10.9. The Labute approximate surface area is 127 Å². The minimum absolute atomic E-state index is 0.634. The van der Waals surface area contributed by atoms with Crippen molar-refractivity contribution < 1.29 is 4.74 Å². The second-order valence-corrected chi connectivity index (χ2v) is 5.44. The number of rotatable bonds is 5. The minimum Gasteiger partial charge on any atom is -0.494 e. The summed E-state index contributed by atoms with van der Waals surface area (Å²) in [5.41, 5.74) is 8.51. The van der Waals surface area contributed by atoms with Crippen LogP contribution in [-0.4, -0.2) is 21.2 Å². The van der Waals surface area contributed by atoms with Crippen LogP contribution in [0.1, 0.15) is 12.5 Å². The monoisotopic (exact) mass is 300 g/mol. The maximum Gasteiger partial charge on any atom is 0.195 e. The molecule has 21 heavy (non-hydrogen) atoms. The van der Waals surface area contributed by atoms with Gasteiger partial charge in [-0.1, -0.05) is 17.8 Å². The van der Waals surface area contributed by atoms with Crippen LogP contribution in [0.5, 0.6) is 5.75 Å². The Bertz CT molecular complexity index is 756. The molecule has 2 N–H and O–H groups in total. The second kappa shape index (κ2) is 6.05. The third-order valence-electron chi connectivity index (χ3n) is 3.02. The molecule has 0 aliphatic heterocycles. The van der Waals surface area contributed by atoms with Gasteiger partial charge < -0.3 is 10.5 Å². The minimum atomic E-state index is 0.634. The van der Waals surface area contributed by atoms with E-state index in [1.165, 1.54) is 0 Å². The predicted octanol–water partition coefficient (Wildman–Crippen LogP) is 3.00. The summed E-state index contributed by atoms with van der Waals surface area (Å²) >= 11 is 1.61. The molecule has 3 rings (SSSR count). The molecule has 0 atom stereocenters. The number of aromatic nitrogens is 3. The van der Waals surface area contributed by atoms with Crippen LogP contribution < -0.4 is 10.5 Å². The van der Waals surface area contributed by atoms with Gasteiger partial charge in [0.05, 0.1) is 6.61 Å². The highest BCUT2D eigenvalue weighted by molar-refractivity contribution is 7.98. The zero-order valence-corrected chi connectivity index (χ0v) is 12.5. The number of hydrogen-bond acceptors (Lipinski definition) is 5. The van der Waals surface area contributed by atoms with Gasteiger partial charge >= 0.3 is 0 Å². The first kappa shape index (κ1) is 13.8. The van der Waals surface area contributed by atoms with Crippen LogP contribution in [0.3, 0.4) is 0 Å². The van der Waals surface area contributed by atoms with Crippen molar-refractivity contribution in [1.82, 2.24) is 14.6 Å². The van der Waals surface area contributed by atoms with Gasteiger partial charge in [0, 0.05) is 23.2 Å². The van der Waals surface area contributed by atoms with Gasteiger partial charge in [-0.2, -0.15) is 0 Å². The van der Waals surface area contributed by atoms with E-state index in [1.807, 2.05) is 53.9 Å². The predicted molar refractivity (Wildman–Crippen MR) is 84.6 cm³/mol. The fourth-order valence-electron chi connectivity index (χ4n) is 2.07. The quantitative estimate of drug-likeness (QED) is 0.579. The highest BCUT2D eigenvalue weighted by Crippen LogP contribution is 2.29. The summed E-state index contributed by atoms with van der Waals surface area (Å²) in [6.07, 6.45) is 1.96. The number of benzene rings is 1. The van der Waals surface area contributed by atoms with Crippen molar-refractivity contribution in [3.05, 3.63) is 48.2 Å². The number of ether oxygens (including phenoxy) is 1. The summed E-state index contributed by atoms with van der Waals surface area (Å²) in [6, 6.07) is 11.6. The molecule has 0 unspecified atom stereocenters. The molecule has 0 saturated heterocycles. The first-order valence-electron chi connectivity index (χ1n) is 6.71. The Morgan fingerprint density at radius 3 is 3.00 bits per heavy atom. The number of nitrogen functional groups attached to an aromatic ring is 1. The van der Waals surface area contributed by atoms with Gasteiger partial charge in [0.25, 0.3) is 0 Å². The molecule has 0 amide bonds. The molecule has 0 aliphatic carbocycles. The molecule has 0 bridgehead atoms. The number of pyridine rings is 1. The lowest BCUT2D eigenvalue weighted by Gasteiger charge is -2.10. The van der Waals surface area contributed by atoms with Gasteiger partial charge in [-0.3, -0.25) is 4.40 Å². The largest absolute Gasteiger partial charge is 0.494 e. The molecule has 3 aromatic rings. The maximum atomic E-state index is 5.87. The van der Waals surface area contributed by atoms with Gasteiger partial charge in [-0.05, 0) is 37.3 Å². The van der Waals surface area contributed by atoms with Gasteiger partial charge in [-0.15, -0.1) is 10.2 Å². The number of thioether (sulfide) groups is 1. The molecular formula is C15H16N4OS. The topological polar surface area (TPSA) is 65.4 Å². The smallest absolute Gasteiger partial charge is 0.195 e. The van der Waals surface area contributed by atoms with E-state index in [4.69, 9.17) is 10.5 Å². The first-order valence-corrected chi connectivity index (χ1v) is 7.70. The van der Waals surface area contributed by atoms with Crippen molar-refractivity contribution in [1.29, 1.82) is 0 Å².